The topological polar surface area (TPSA) is 98.7 Å². The maximum Gasteiger partial charge on any atom is 0.341 e. The maximum absolute atomic E-state index is 12.8. The van der Waals surface area contributed by atoms with Crippen molar-refractivity contribution in [1.82, 2.24) is 4.67 Å². The van der Waals surface area contributed by atoms with Crippen LogP contribution in [0.4, 0.5) is 5.69 Å². The van der Waals surface area contributed by atoms with Gasteiger partial charge in [0.15, 0.2) is 0 Å². The van der Waals surface area contributed by atoms with Crippen LogP contribution in [0.1, 0.15) is 18.1 Å². The van der Waals surface area contributed by atoms with Gasteiger partial charge in [0, 0.05) is 30.9 Å². The lowest BCUT2D eigenvalue weighted by atomic mass is 10.0. The molecule has 0 amide bonds. The number of alkyl halides is 2. The van der Waals surface area contributed by atoms with Crippen molar-refractivity contribution >= 4 is 36.6 Å². The lowest BCUT2D eigenvalue weighted by molar-refractivity contribution is -0.386. The molecule has 0 heterocycles. The molecule has 0 radical (unpaired) electrons. The van der Waals surface area contributed by atoms with Crippen LogP contribution in [-0.4, -0.2) is 34.4 Å². The third kappa shape index (κ3) is 5.84. The molecule has 0 spiro atoms. The van der Waals surface area contributed by atoms with Gasteiger partial charge in [0.05, 0.1) is 10.5 Å². The van der Waals surface area contributed by atoms with E-state index in [9.17, 15) is 14.7 Å². The van der Waals surface area contributed by atoms with Gasteiger partial charge in [0.25, 0.3) is 5.69 Å². The van der Waals surface area contributed by atoms with Crippen molar-refractivity contribution in [3.05, 3.63) is 52.6 Å². The van der Waals surface area contributed by atoms with E-state index in [-0.39, 0.29) is 42.5 Å². The molecule has 134 valence electrons. The summed E-state index contributed by atoms with van der Waals surface area (Å²) in [6.45, 7) is 4.06. The molecule has 0 saturated heterocycles. The van der Waals surface area contributed by atoms with E-state index < -0.39 is 18.7 Å². The summed E-state index contributed by atoms with van der Waals surface area (Å²) in [6.07, 6.45) is 0.865. The zero-order chi connectivity index (χ0) is 18.2. The second-order valence-corrected chi connectivity index (χ2v) is 7.49. The first kappa shape index (κ1) is 21.1. The molecule has 7 nitrogen and oxygen atoms in total. The largest absolute Gasteiger partial charge is 0.341 e. The fourth-order valence-corrected chi connectivity index (χ4v) is 4.24. The summed E-state index contributed by atoms with van der Waals surface area (Å²) in [5, 5.41) is 11.2. The Hall–Kier alpha value is -0.950. The summed E-state index contributed by atoms with van der Waals surface area (Å²) < 4.78 is 19.7. The second-order valence-electron chi connectivity index (χ2n) is 4.83. The standard InChI is InChI=1S/C14H20Cl2N3O4P/c1-2-5-14(12-6-3-4-7-13(12)19(20)21)23-24(17,22)18(10-8-15)11-9-16/h2-4,6-7,14H,1,5,8-11H2,(H2,17,22). The first-order chi connectivity index (χ1) is 11.4. The van der Waals surface area contributed by atoms with Crippen LogP contribution in [-0.2, 0) is 9.09 Å². The summed E-state index contributed by atoms with van der Waals surface area (Å²) >= 11 is 11.4. The van der Waals surface area contributed by atoms with E-state index in [0.29, 0.717) is 0 Å². The van der Waals surface area contributed by atoms with Crippen LogP contribution >= 0.6 is 30.9 Å². The Labute approximate surface area is 151 Å². The molecule has 0 fully saturated rings. The molecule has 24 heavy (non-hydrogen) atoms. The van der Waals surface area contributed by atoms with Crippen molar-refractivity contribution in [3.8, 4) is 0 Å². The van der Waals surface area contributed by atoms with E-state index in [2.05, 4.69) is 6.58 Å². The monoisotopic (exact) mass is 395 g/mol. The van der Waals surface area contributed by atoms with Crippen molar-refractivity contribution in [3.63, 3.8) is 0 Å². The summed E-state index contributed by atoms with van der Waals surface area (Å²) in [4.78, 5) is 10.7. The number of hydrogen-bond donors (Lipinski definition) is 1. The molecule has 0 saturated carbocycles. The molecular weight excluding hydrogens is 376 g/mol. The van der Waals surface area contributed by atoms with E-state index in [1.807, 2.05) is 0 Å². The predicted molar refractivity (Wildman–Crippen MR) is 96.5 cm³/mol. The zero-order valence-electron chi connectivity index (χ0n) is 13.0. The van der Waals surface area contributed by atoms with Crippen LogP contribution in [0, 0.1) is 10.1 Å². The molecule has 0 aliphatic heterocycles. The van der Waals surface area contributed by atoms with Gasteiger partial charge >= 0.3 is 7.67 Å². The van der Waals surface area contributed by atoms with Crippen molar-refractivity contribution < 1.29 is 14.0 Å². The third-order valence-electron chi connectivity index (χ3n) is 3.22. The summed E-state index contributed by atoms with van der Waals surface area (Å²) in [6, 6.07) is 6.08. The highest BCUT2D eigenvalue weighted by Gasteiger charge is 2.33. The fourth-order valence-electron chi connectivity index (χ4n) is 2.14. The molecule has 2 unspecified atom stereocenters. The van der Waals surface area contributed by atoms with Gasteiger partial charge in [-0.1, -0.05) is 18.2 Å². The van der Waals surface area contributed by atoms with Gasteiger partial charge in [-0.25, -0.2) is 10.2 Å². The molecule has 1 aromatic carbocycles. The average molecular weight is 396 g/mol. The van der Waals surface area contributed by atoms with Gasteiger partial charge in [-0.15, -0.1) is 29.8 Å². The number of benzene rings is 1. The average Bonchev–Trinajstić information content (AvgIpc) is 2.54. The van der Waals surface area contributed by atoms with Gasteiger partial charge in [0.1, 0.15) is 6.10 Å². The van der Waals surface area contributed by atoms with Crippen LogP contribution < -0.4 is 5.50 Å². The number of rotatable bonds is 11. The highest BCUT2D eigenvalue weighted by atomic mass is 35.5. The van der Waals surface area contributed by atoms with Gasteiger partial charge in [-0.3, -0.25) is 19.2 Å². The number of para-hydroxylation sites is 1. The number of halogens is 2. The van der Waals surface area contributed by atoms with Gasteiger partial charge < -0.3 is 0 Å². The van der Waals surface area contributed by atoms with E-state index in [1.165, 1.54) is 16.8 Å². The molecule has 0 aliphatic rings. The Morgan fingerprint density at radius 1 is 1.38 bits per heavy atom. The number of nitro benzene ring substituents is 1. The highest BCUT2D eigenvalue weighted by Crippen LogP contribution is 2.49. The van der Waals surface area contributed by atoms with Gasteiger partial charge in [-0.05, 0) is 12.5 Å². The van der Waals surface area contributed by atoms with Crippen LogP contribution in [0.3, 0.4) is 0 Å². The van der Waals surface area contributed by atoms with Crippen molar-refractivity contribution in [2.75, 3.05) is 24.8 Å². The van der Waals surface area contributed by atoms with E-state index >= 15 is 0 Å². The number of nitrogens with two attached hydrogens (primary N) is 1. The number of hydrogen-bond acceptors (Lipinski definition) is 4. The molecule has 2 atom stereocenters. The minimum absolute atomic E-state index is 0.134. The second kappa shape index (κ2) is 10.1. The lowest BCUT2D eigenvalue weighted by Gasteiger charge is -2.29. The van der Waals surface area contributed by atoms with Crippen LogP contribution in [0.25, 0.3) is 0 Å². The Morgan fingerprint density at radius 3 is 2.46 bits per heavy atom. The Bertz CT molecular complexity index is 611. The molecular formula is C14H20Cl2N3O4P. The maximum atomic E-state index is 12.8. The molecule has 0 aromatic heterocycles. The molecule has 0 bridgehead atoms. The van der Waals surface area contributed by atoms with E-state index in [4.69, 9.17) is 33.2 Å². The Kier molecular flexibility index (Phi) is 8.91. The minimum Gasteiger partial charge on any atom is -0.297 e. The molecule has 2 N–H and O–H groups in total. The van der Waals surface area contributed by atoms with Crippen molar-refractivity contribution in [2.45, 2.75) is 12.5 Å². The molecule has 10 heteroatoms. The number of nitrogens with zero attached hydrogens (tertiary/aromatic N) is 2. The van der Waals surface area contributed by atoms with E-state index in [1.54, 1.807) is 18.2 Å². The summed E-state index contributed by atoms with van der Waals surface area (Å²) in [5.41, 5.74) is 6.01. The lowest BCUT2D eigenvalue weighted by Crippen LogP contribution is -2.30. The van der Waals surface area contributed by atoms with Gasteiger partial charge in [0.2, 0.25) is 0 Å². The van der Waals surface area contributed by atoms with Crippen molar-refractivity contribution in [1.29, 1.82) is 0 Å². The minimum atomic E-state index is -3.74. The molecule has 1 rings (SSSR count). The van der Waals surface area contributed by atoms with E-state index in [0.717, 1.165) is 0 Å². The van der Waals surface area contributed by atoms with Crippen LogP contribution in [0.5, 0.6) is 0 Å². The summed E-state index contributed by atoms with van der Waals surface area (Å²) in [7, 11) is -3.74. The molecule has 1 aromatic rings. The first-order valence-electron chi connectivity index (χ1n) is 7.16. The van der Waals surface area contributed by atoms with Gasteiger partial charge in [-0.2, -0.15) is 0 Å². The normalized spacial score (nSPS) is 15.0. The highest BCUT2D eigenvalue weighted by molar-refractivity contribution is 7.53. The summed E-state index contributed by atoms with van der Waals surface area (Å²) in [5.74, 6) is 0.387. The quantitative estimate of drug-likeness (QED) is 0.199. The first-order valence-corrected chi connectivity index (χ1v) is 9.87. The predicted octanol–water partition coefficient (Wildman–Crippen LogP) is 4.08. The Balaban J connectivity index is 3.15. The van der Waals surface area contributed by atoms with Crippen LogP contribution in [0.15, 0.2) is 36.9 Å². The fraction of sp³-hybridized carbons (Fsp3) is 0.429. The van der Waals surface area contributed by atoms with Crippen LogP contribution in [0.2, 0.25) is 0 Å². The third-order valence-corrected chi connectivity index (χ3v) is 5.30. The SMILES string of the molecule is C=CCC(OP(N)(=O)N(CCCl)CCCl)c1ccccc1[N+](=O)[O-]. The molecule has 0 aliphatic carbocycles. The van der Waals surface area contributed by atoms with Crippen molar-refractivity contribution in [2.24, 2.45) is 5.50 Å². The zero-order valence-corrected chi connectivity index (χ0v) is 15.4. The number of nitro groups is 1. The Morgan fingerprint density at radius 2 is 1.96 bits per heavy atom. The smallest absolute Gasteiger partial charge is 0.297 e.